The molecule has 1 saturated carbocycles. The fourth-order valence-corrected chi connectivity index (χ4v) is 2.63. The summed E-state index contributed by atoms with van der Waals surface area (Å²) in [5.74, 6) is 0.391. The lowest BCUT2D eigenvalue weighted by molar-refractivity contribution is -0.134. The van der Waals surface area contributed by atoms with Crippen molar-refractivity contribution < 1.29 is 14.0 Å². The van der Waals surface area contributed by atoms with Crippen molar-refractivity contribution in [3.05, 3.63) is 24.2 Å². The highest BCUT2D eigenvalue weighted by atomic mass is 16.3. The van der Waals surface area contributed by atoms with Gasteiger partial charge in [0, 0.05) is 32.2 Å². The molecule has 2 aliphatic rings. The van der Waals surface area contributed by atoms with Gasteiger partial charge >= 0.3 is 0 Å². The second kappa shape index (κ2) is 5.89. The summed E-state index contributed by atoms with van der Waals surface area (Å²) in [6, 6.07) is 3.76. The van der Waals surface area contributed by atoms with Crippen molar-refractivity contribution in [2.45, 2.75) is 31.8 Å². The van der Waals surface area contributed by atoms with Gasteiger partial charge < -0.3 is 19.5 Å². The number of carbonyl (C=O) groups excluding carboxylic acids is 2. The molecule has 21 heavy (non-hydrogen) atoms. The maximum atomic E-state index is 12.3. The molecule has 0 radical (unpaired) electrons. The SMILES string of the molecule is C[C@@H](NC1CC1)C(=O)N1CCN(C(=O)c2ccco2)CC1. The van der Waals surface area contributed by atoms with Gasteiger partial charge in [0.15, 0.2) is 5.76 Å². The van der Waals surface area contributed by atoms with Crippen LogP contribution in [0.1, 0.15) is 30.3 Å². The second-order valence-corrected chi connectivity index (χ2v) is 5.76. The van der Waals surface area contributed by atoms with E-state index in [1.54, 1.807) is 17.0 Å². The van der Waals surface area contributed by atoms with Gasteiger partial charge in [-0.15, -0.1) is 0 Å². The van der Waals surface area contributed by atoms with E-state index in [0.717, 1.165) is 0 Å². The van der Waals surface area contributed by atoms with Gasteiger partial charge in [-0.05, 0) is 31.9 Å². The smallest absolute Gasteiger partial charge is 0.289 e. The van der Waals surface area contributed by atoms with E-state index in [9.17, 15) is 9.59 Å². The third kappa shape index (κ3) is 3.26. The first-order valence-electron chi connectivity index (χ1n) is 7.53. The van der Waals surface area contributed by atoms with Gasteiger partial charge in [-0.2, -0.15) is 0 Å². The maximum absolute atomic E-state index is 12.3. The number of furan rings is 1. The third-order valence-corrected chi connectivity index (χ3v) is 4.04. The fraction of sp³-hybridized carbons (Fsp3) is 0.600. The minimum atomic E-state index is -0.134. The number of amides is 2. The highest BCUT2D eigenvalue weighted by Gasteiger charge is 2.31. The zero-order valence-electron chi connectivity index (χ0n) is 12.2. The van der Waals surface area contributed by atoms with E-state index in [0.29, 0.717) is 38.0 Å². The number of nitrogens with zero attached hydrogens (tertiary/aromatic N) is 2. The van der Waals surface area contributed by atoms with Crippen molar-refractivity contribution in [3.63, 3.8) is 0 Å². The van der Waals surface area contributed by atoms with E-state index in [-0.39, 0.29) is 17.9 Å². The summed E-state index contributed by atoms with van der Waals surface area (Å²) in [5, 5.41) is 3.32. The van der Waals surface area contributed by atoms with Crippen LogP contribution >= 0.6 is 0 Å². The zero-order valence-corrected chi connectivity index (χ0v) is 12.2. The molecule has 6 nitrogen and oxygen atoms in total. The Balaban J connectivity index is 1.50. The summed E-state index contributed by atoms with van der Waals surface area (Å²) in [6.07, 6.45) is 3.84. The Hall–Kier alpha value is -1.82. The molecule has 6 heteroatoms. The van der Waals surface area contributed by atoms with Crippen molar-refractivity contribution in [2.75, 3.05) is 26.2 Å². The number of hydrogen-bond acceptors (Lipinski definition) is 4. The van der Waals surface area contributed by atoms with E-state index >= 15 is 0 Å². The quantitative estimate of drug-likeness (QED) is 0.887. The molecule has 1 aromatic rings. The molecular formula is C15H21N3O3. The first-order valence-corrected chi connectivity index (χ1v) is 7.53. The Kier molecular flexibility index (Phi) is 3.96. The summed E-state index contributed by atoms with van der Waals surface area (Å²) >= 11 is 0. The molecule has 2 amide bonds. The molecule has 3 rings (SSSR count). The van der Waals surface area contributed by atoms with Crippen LogP contribution in [0.15, 0.2) is 22.8 Å². The summed E-state index contributed by atoms with van der Waals surface area (Å²) in [7, 11) is 0. The van der Waals surface area contributed by atoms with E-state index in [4.69, 9.17) is 4.42 Å². The van der Waals surface area contributed by atoms with Crippen LogP contribution in [0, 0.1) is 0 Å². The third-order valence-electron chi connectivity index (χ3n) is 4.04. The molecule has 0 unspecified atom stereocenters. The first kappa shape index (κ1) is 14.1. The number of piperazine rings is 1. The molecule has 1 aliphatic heterocycles. The molecule has 2 fully saturated rings. The van der Waals surface area contributed by atoms with Crippen molar-refractivity contribution in [1.29, 1.82) is 0 Å². The van der Waals surface area contributed by atoms with E-state index in [1.807, 2.05) is 11.8 Å². The first-order chi connectivity index (χ1) is 10.1. The lowest BCUT2D eigenvalue weighted by Crippen LogP contribution is -2.54. The predicted octanol–water partition coefficient (Wildman–Crippen LogP) is 0.705. The predicted molar refractivity (Wildman–Crippen MR) is 76.8 cm³/mol. The lowest BCUT2D eigenvalue weighted by atomic mass is 10.2. The van der Waals surface area contributed by atoms with Crippen LogP contribution < -0.4 is 5.32 Å². The molecule has 0 bridgehead atoms. The fourth-order valence-electron chi connectivity index (χ4n) is 2.63. The van der Waals surface area contributed by atoms with Crippen LogP contribution in [-0.2, 0) is 4.79 Å². The molecule has 1 N–H and O–H groups in total. The zero-order chi connectivity index (χ0) is 14.8. The van der Waals surface area contributed by atoms with Gasteiger partial charge in [0.2, 0.25) is 5.91 Å². The lowest BCUT2D eigenvalue weighted by Gasteiger charge is -2.35. The van der Waals surface area contributed by atoms with Crippen LogP contribution in [0.2, 0.25) is 0 Å². The molecule has 1 atom stereocenters. The average Bonchev–Trinajstić information content (AvgIpc) is 3.15. The standard InChI is InChI=1S/C15H21N3O3/c1-11(16-12-4-5-12)14(19)17-6-8-18(9-7-17)15(20)13-3-2-10-21-13/h2-3,10-12,16H,4-9H2,1H3/t11-/m1/s1. The number of rotatable bonds is 4. The molecule has 114 valence electrons. The highest BCUT2D eigenvalue weighted by molar-refractivity contribution is 5.91. The van der Waals surface area contributed by atoms with Crippen molar-refractivity contribution in [3.8, 4) is 0 Å². The molecular weight excluding hydrogens is 270 g/mol. The number of nitrogens with one attached hydrogen (secondary N) is 1. The van der Waals surface area contributed by atoms with E-state index in [1.165, 1.54) is 19.1 Å². The number of carbonyl (C=O) groups is 2. The average molecular weight is 291 g/mol. The van der Waals surface area contributed by atoms with Crippen LogP contribution in [0.25, 0.3) is 0 Å². The Morgan fingerprint density at radius 1 is 1.24 bits per heavy atom. The Bertz CT molecular complexity index is 502. The largest absolute Gasteiger partial charge is 0.459 e. The second-order valence-electron chi connectivity index (χ2n) is 5.76. The minimum absolute atomic E-state index is 0.101. The van der Waals surface area contributed by atoms with Crippen LogP contribution in [-0.4, -0.2) is 59.9 Å². The van der Waals surface area contributed by atoms with Gasteiger partial charge in [0.25, 0.3) is 5.91 Å². The monoisotopic (exact) mass is 291 g/mol. The molecule has 1 aliphatic carbocycles. The van der Waals surface area contributed by atoms with Crippen molar-refractivity contribution >= 4 is 11.8 Å². The Morgan fingerprint density at radius 3 is 2.48 bits per heavy atom. The maximum Gasteiger partial charge on any atom is 0.289 e. The van der Waals surface area contributed by atoms with Crippen LogP contribution in [0.3, 0.4) is 0 Å². The van der Waals surface area contributed by atoms with Gasteiger partial charge in [-0.25, -0.2) is 0 Å². The summed E-state index contributed by atoms with van der Waals surface area (Å²) in [5.41, 5.74) is 0. The van der Waals surface area contributed by atoms with Gasteiger partial charge in [-0.3, -0.25) is 9.59 Å². The molecule has 0 spiro atoms. The van der Waals surface area contributed by atoms with Crippen molar-refractivity contribution in [2.24, 2.45) is 0 Å². The molecule has 2 heterocycles. The summed E-state index contributed by atoms with van der Waals surface area (Å²) in [4.78, 5) is 28.0. The normalized spacial score (nSPS) is 20.4. The van der Waals surface area contributed by atoms with Crippen LogP contribution in [0.4, 0.5) is 0 Å². The van der Waals surface area contributed by atoms with E-state index < -0.39 is 0 Å². The minimum Gasteiger partial charge on any atom is -0.459 e. The Labute approximate surface area is 124 Å². The molecule has 1 saturated heterocycles. The Morgan fingerprint density at radius 2 is 1.90 bits per heavy atom. The summed E-state index contributed by atoms with van der Waals surface area (Å²) < 4.78 is 5.13. The summed E-state index contributed by atoms with van der Waals surface area (Å²) in [6.45, 7) is 4.20. The van der Waals surface area contributed by atoms with Gasteiger partial charge in [0.05, 0.1) is 12.3 Å². The number of hydrogen-bond donors (Lipinski definition) is 1. The van der Waals surface area contributed by atoms with Crippen LogP contribution in [0.5, 0.6) is 0 Å². The van der Waals surface area contributed by atoms with Gasteiger partial charge in [0.1, 0.15) is 0 Å². The van der Waals surface area contributed by atoms with Crippen molar-refractivity contribution in [1.82, 2.24) is 15.1 Å². The van der Waals surface area contributed by atoms with E-state index in [2.05, 4.69) is 5.32 Å². The van der Waals surface area contributed by atoms with Gasteiger partial charge in [-0.1, -0.05) is 0 Å². The molecule has 1 aromatic heterocycles. The molecule has 0 aromatic carbocycles. The topological polar surface area (TPSA) is 65.8 Å². The highest BCUT2D eigenvalue weighted by Crippen LogP contribution is 2.20.